The number of benzene rings is 3. The third-order valence-electron chi connectivity index (χ3n) is 7.51. The number of nitro groups is 1. The van der Waals surface area contributed by atoms with Crippen molar-refractivity contribution in [2.24, 2.45) is 5.92 Å². The number of amides is 1. The normalized spacial score (nSPS) is 12.3. The molecule has 0 radical (unpaired) electrons. The lowest BCUT2D eigenvalue weighted by molar-refractivity contribution is -0.384. The highest BCUT2D eigenvalue weighted by atomic mass is 35.5. The van der Waals surface area contributed by atoms with Gasteiger partial charge in [0.15, 0.2) is 5.11 Å². The van der Waals surface area contributed by atoms with Crippen LogP contribution in [0.5, 0.6) is 0 Å². The lowest BCUT2D eigenvalue weighted by atomic mass is 9.98. The first-order chi connectivity index (χ1) is 21.5. The molecule has 9 nitrogen and oxygen atoms in total. The molecular weight excluding hydrogens is 638 g/mol. The van der Waals surface area contributed by atoms with Gasteiger partial charge in [-0.2, -0.15) is 0 Å². The minimum absolute atomic E-state index is 0.0130. The summed E-state index contributed by atoms with van der Waals surface area (Å²) in [7, 11) is 0. The van der Waals surface area contributed by atoms with Gasteiger partial charge in [0.1, 0.15) is 5.82 Å². The molecule has 2 atom stereocenters. The summed E-state index contributed by atoms with van der Waals surface area (Å²) in [6.45, 7) is 5.20. The number of nitrogens with one attached hydrogen (secondary N) is 2. The van der Waals surface area contributed by atoms with Crippen LogP contribution >= 0.6 is 35.4 Å². The van der Waals surface area contributed by atoms with Crippen molar-refractivity contribution in [2.45, 2.75) is 45.8 Å². The maximum atomic E-state index is 13.5. The number of nitro benzene ring substituents is 1. The molecule has 0 aliphatic heterocycles. The predicted octanol–water partition coefficient (Wildman–Crippen LogP) is 7.26. The molecule has 236 valence electrons. The minimum Gasteiger partial charge on any atom is -0.351 e. The van der Waals surface area contributed by atoms with Crippen molar-refractivity contribution in [2.75, 3.05) is 11.9 Å². The van der Waals surface area contributed by atoms with Gasteiger partial charge in [-0.25, -0.2) is 9.37 Å². The summed E-state index contributed by atoms with van der Waals surface area (Å²) in [4.78, 5) is 30.1. The Bertz CT molecular complexity index is 1630. The van der Waals surface area contributed by atoms with Crippen molar-refractivity contribution in [3.8, 4) is 0 Å². The first-order valence-electron chi connectivity index (χ1n) is 14.3. The van der Waals surface area contributed by atoms with Gasteiger partial charge in [0, 0.05) is 55.4 Å². The summed E-state index contributed by atoms with van der Waals surface area (Å²) in [6.07, 6.45) is 4.15. The van der Waals surface area contributed by atoms with E-state index in [4.69, 9.17) is 35.4 Å². The Morgan fingerprint density at radius 2 is 1.84 bits per heavy atom. The van der Waals surface area contributed by atoms with E-state index in [-0.39, 0.29) is 35.8 Å². The number of anilines is 1. The number of aromatic nitrogens is 2. The topological polar surface area (TPSA) is 105 Å². The number of hydrogen-bond acceptors (Lipinski definition) is 5. The Morgan fingerprint density at radius 1 is 1.13 bits per heavy atom. The highest BCUT2D eigenvalue weighted by molar-refractivity contribution is 7.80. The van der Waals surface area contributed by atoms with E-state index in [1.807, 2.05) is 21.6 Å². The first-order valence-corrected chi connectivity index (χ1v) is 15.5. The van der Waals surface area contributed by atoms with Gasteiger partial charge >= 0.3 is 0 Å². The molecule has 1 aromatic heterocycles. The van der Waals surface area contributed by atoms with Crippen molar-refractivity contribution in [3.05, 3.63) is 122 Å². The molecule has 0 saturated carbocycles. The number of rotatable bonds is 13. The third kappa shape index (κ3) is 9.46. The zero-order chi connectivity index (χ0) is 32.5. The lowest BCUT2D eigenvalue weighted by Gasteiger charge is -2.33. The molecule has 13 heteroatoms. The van der Waals surface area contributed by atoms with E-state index in [2.05, 4.69) is 29.5 Å². The zero-order valence-electron chi connectivity index (χ0n) is 24.8. The molecule has 0 unspecified atom stereocenters. The predicted molar refractivity (Wildman–Crippen MR) is 179 cm³/mol. The number of carbonyl (C=O) groups excluding carboxylic acids is 1. The Labute approximate surface area is 276 Å². The van der Waals surface area contributed by atoms with Crippen LogP contribution < -0.4 is 10.6 Å². The zero-order valence-corrected chi connectivity index (χ0v) is 27.1. The molecule has 0 aliphatic rings. The number of non-ortho nitro benzene ring substituents is 1. The van der Waals surface area contributed by atoms with Gasteiger partial charge in [-0.05, 0) is 59.6 Å². The van der Waals surface area contributed by atoms with E-state index < -0.39 is 4.92 Å². The van der Waals surface area contributed by atoms with E-state index in [1.165, 1.54) is 24.3 Å². The van der Waals surface area contributed by atoms with Crippen molar-refractivity contribution < 1.29 is 14.1 Å². The molecular formula is C32H33Cl2FN6O3S. The molecule has 3 aromatic carbocycles. The Morgan fingerprint density at radius 3 is 2.51 bits per heavy atom. The van der Waals surface area contributed by atoms with Crippen LogP contribution in [0, 0.1) is 21.8 Å². The van der Waals surface area contributed by atoms with Gasteiger partial charge < -0.3 is 20.1 Å². The fourth-order valence-corrected chi connectivity index (χ4v) is 5.34. The molecule has 0 saturated heterocycles. The maximum absolute atomic E-state index is 13.5. The molecule has 4 rings (SSSR count). The van der Waals surface area contributed by atoms with Crippen LogP contribution in [-0.4, -0.2) is 43.0 Å². The smallest absolute Gasteiger partial charge is 0.269 e. The Hall–Kier alpha value is -4.06. The first kappa shape index (κ1) is 33.8. The third-order valence-corrected chi connectivity index (χ3v) is 8.73. The van der Waals surface area contributed by atoms with Gasteiger partial charge in [-0.15, -0.1) is 0 Å². The number of carbonyl (C=O) groups is 1. The average Bonchev–Trinajstić information content (AvgIpc) is 3.45. The van der Waals surface area contributed by atoms with Crippen LogP contribution in [0.25, 0.3) is 0 Å². The second kappa shape index (κ2) is 15.8. The molecule has 0 aliphatic carbocycles. The molecule has 0 spiro atoms. The van der Waals surface area contributed by atoms with Gasteiger partial charge in [0.2, 0.25) is 5.91 Å². The summed E-state index contributed by atoms with van der Waals surface area (Å²) in [5.74, 6) is -0.462. The summed E-state index contributed by atoms with van der Waals surface area (Å²) >= 11 is 18.6. The van der Waals surface area contributed by atoms with Crippen LogP contribution in [0.15, 0.2) is 79.3 Å². The summed E-state index contributed by atoms with van der Waals surface area (Å²) in [5, 5.41) is 18.6. The van der Waals surface area contributed by atoms with Crippen LogP contribution in [0.1, 0.15) is 37.1 Å². The molecule has 4 aromatic rings. The number of hydrogen-bond donors (Lipinski definition) is 2. The highest BCUT2D eigenvalue weighted by Gasteiger charge is 2.25. The van der Waals surface area contributed by atoms with Gasteiger partial charge in [-0.1, -0.05) is 67.7 Å². The Kier molecular flexibility index (Phi) is 11.9. The van der Waals surface area contributed by atoms with Crippen LogP contribution in [-0.2, 0) is 24.3 Å². The van der Waals surface area contributed by atoms with Gasteiger partial charge in [0.25, 0.3) is 5.69 Å². The van der Waals surface area contributed by atoms with Crippen LogP contribution in [0.4, 0.5) is 15.8 Å². The number of nitrogens with zero attached hydrogens (tertiary/aromatic N) is 4. The van der Waals surface area contributed by atoms with E-state index in [0.29, 0.717) is 46.2 Å². The van der Waals surface area contributed by atoms with Gasteiger partial charge in [-0.3, -0.25) is 14.9 Å². The standard InChI is InChI=1S/C32H33Cl2FN6O3S/c1-3-21(2)29(38-30(42)15-27-16-36-20-40(27)17-22-7-13-26(14-8-22)41(43)44)19-39(18-23-5-4-6-28(33)31(23)34)32(45)37-25-11-9-24(35)10-12-25/h4-14,16,20-21,29H,3,15,17-19H2,1-2H3,(H,37,45)(H,38,42)/t21-,29+/m0/s1. The van der Waals surface area contributed by atoms with Crippen LogP contribution in [0.3, 0.4) is 0 Å². The summed E-state index contributed by atoms with van der Waals surface area (Å²) in [5.41, 5.74) is 2.94. The highest BCUT2D eigenvalue weighted by Crippen LogP contribution is 2.27. The molecule has 1 amide bonds. The average molecular weight is 672 g/mol. The van der Waals surface area contributed by atoms with Crippen molar-refractivity contribution >= 4 is 57.8 Å². The largest absolute Gasteiger partial charge is 0.351 e. The van der Waals surface area contributed by atoms with Gasteiger partial charge in [0.05, 0.1) is 27.7 Å². The van der Waals surface area contributed by atoms with E-state index in [1.54, 1.807) is 42.9 Å². The minimum atomic E-state index is -0.444. The lowest BCUT2D eigenvalue weighted by Crippen LogP contribution is -2.50. The van der Waals surface area contributed by atoms with Crippen molar-refractivity contribution in [1.29, 1.82) is 0 Å². The molecule has 1 heterocycles. The number of imidazole rings is 1. The second-order valence-corrected chi connectivity index (χ2v) is 11.9. The van der Waals surface area contributed by atoms with Crippen molar-refractivity contribution in [3.63, 3.8) is 0 Å². The summed E-state index contributed by atoms with van der Waals surface area (Å²) < 4.78 is 15.4. The molecule has 0 fully saturated rings. The van der Waals surface area contributed by atoms with E-state index >= 15 is 0 Å². The SMILES string of the molecule is CC[C@H](C)[C@@H](CN(Cc1cccc(Cl)c1Cl)C(=S)Nc1ccc(F)cc1)NC(=O)Cc1cncn1Cc1ccc([N+](=O)[O-])cc1. The molecule has 2 N–H and O–H groups in total. The fraction of sp³-hybridized carbons (Fsp3) is 0.281. The monoisotopic (exact) mass is 670 g/mol. The summed E-state index contributed by atoms with van der Waals surface area (Å²) in [6, 6.07) is 17.3. The number of halogens is 3. The molecule has 0 bridgehead atoms. The van der Waals surface area contributed by atoms with Crippen LogP contribution in [0.2, 0.25) is 10.0 Å². The quantitative estimate of drug-likeness (QED) is 0.0876. The number of thiocarbonyl (C=S) groups is 1. The van der Waals surface area contributed by atoms with Crippen molar-refractivity contribution in [1.82, 2.24) is 19.8 Å². The fourth-order valence-electron chi connectivity index (χ4n) is 4.70. The maximum Gasteiger partial charge on any atom is 0.269 e. The van der Waals surface area contributed by atoms with E-state index in [0.717, 1.165) is 17.5 Å². The molecule has 45 heavy (non-hydrogen) atoms. The Balaban J connectivity index is 1.50. The van der Waals surface area contributed by atoms with E-state index in [9.17, 15) is 19.3 Å². The second-order valence-electron chi connectivity index (χ2n) is 10.7.